The SMILES string of the molecule is CCC(C)NC(=O)C(Cc1ccccc1)N(Cc1ccccc1F)C(=O)CN(c1cc(Cl)ccc1OC)S(=O)(=O)c1ccccc1. The van der Waals surface area contributed by atoms with Gasteiger partial charge in [-0.05, 0) is 55.3 Å². The van der Waals surface area contributed by atoms with Gasteiger partial charge in [-0.1, -0.05) is 85.3 Å². The molecule has 2 atom stereocenters. The van der Waals surface area contributed by atoms with Gasteiger partial charge in [0.1, 0.15) is 24.2 Å². The standard InChI is InChI=1S/C35H37ClFN3O5S/c1-4-25(2)38-35(42)32(21-26-13-7-5-8-14-26)39(23-27-15-11-12-18-30(27)37)34(41)24-40(31-22-28(36)19-20-33(31)45-3)46(43,44)29-16-9-6-10-17-29/h5-20,22,25,32H,4,21,23-24H2,1-3H3,(H,38,42). The number of carbonyl (C=O) groups excluding carboxylic acids is 2. The third-order valence-electron chi connectivity index (χ3n) is 7.59. The summed E-state index contributed by atoms with van der Waals surface area (Å²) in [6, 6.07) is 25.9. The highest BCUT2D eigenvalue weighted by atomic mass is 35.5. The highest BCUT2D eigenvalue weighted by Crippen LogP contribution is 2.35. The maximum Gasteiger partial charge on any atom is 0.264 e. The lowest BCUT2D eigenvalue weighted by atomic mass is 10.0. The molecule has 4 rings (SSSR count). The van der Waals surface area contributed by atoms with Crippen LogP contribution in [0.25, 0.3) is 0 Å². The quantitative estimate of drug-likeness (QED) is 0.172. The highest BCUT2D eigenvalue weighted by Gasteiger charge is 2.36. The Labute approximate surface area is 274 Å². The van der Waals surface area contributed by atoms with Gasteiger partial charge >= 0.3 is 0 Å². The number of sulfonamides is 1. The van der Waals surface area contributed by atoms with Gasteiger partial charge in [0.05, 0.1) is 17.7 Å². The first kappa shape index (κ1) is 34.5. The molecule has 0 aliphatic carbocycles. The molecule has 0 heterocycles. The van der Waals surface area contributed by atoms with Gasteiger partial charge in [-0.25, -0.2) is 12.8 Å². The van der Waals surface area contributed by atoms with Crippen LogP contribution in [0.4, 0.5) is 10.1 Å². The van der Waals surface area contributed by atoms with Crippen LogP contribution in [-0.4, -0.2) is 50.9 Å². The summed E-state index contributed by atoms with van der Waals surface area (Å²) in [5.41, 5.74) is 0.966. The first-order valence-electron chi connectivity index (χ1n) is 14.8. The Balaban J connectivity index is 1.86. The summed E-state index contributed by atoms with van der Waals surface area (Å²) in [5, 5.41) is 3.17. The Morgan fingerprint density at radius 2 is 1.57 bits per heavy atom. The van der Waals surface area contributed by atoms with E-state index in [9.17, 15) is 18.0 Å². The maximum atomic E-state index is 15.1. The second-order valence-electron chi connectivity index (χ2n) is 10.8. The van der Waals surface area contributed by atoms with Crippen molar-refractivity contribution in [2.24, 2.45) is 0 Å². The third-order valence-corrected chi connectivity index (χ3v) is 9.60. The Kier molecular flexibility index (Phi) is 11.8. The molecule has 0 bridgehead atoms. The summed E-state index contributed by atoms with van der Waals surface area (Å²) in [6.07, 6.45) is 0.748. The van der Waals surface area contributed by atoms with E-state index in [2.05, 4.69) is 5.32 Å². The topological polar surface area (TPSA) is 96.0 Å². The molecule has 4 aromatic carbocycles. The number of ether oxygens (including phenoxy) is 1. The van der Waals surface area contributed by atoms with Crippen molar-refractivity contribution in [1.29, 1.82) is 0 Å². The van der Waals surface area contributed by atoms with Crippen molar-refractivity contribution < 1.29 is 27.1 Å². The Hall–Kier alpha value is -4.41. The number of rotatable bonds is 14. The van der Waals surface area contributed by atoms with Crippen LogP contribution in [0.5, 0.6) is 5.75 Å². The zero-order chi connectivity index (χ0) is 33.3. The van der Waals surface area contributed by atoms with Crippen LogP contribution < -0.4 is 14.4 Å². The Morgan fingerprint density at radius 3 is 2.20 bits per heavy atom. The zero-order valence-electron chi connectivity index (χ0n) is 25.9. The molecule has 1 N–H and O–H groups in total. The number of nitrogens with zero attached hydrogens (tertiary/aromatic N) is 2. The van der Waals surface area contributed by atoms with E-state index in [1.54, 1.807) is 30.3 Å². The number of methoxy groups -OCH3 is 1. The van der Waals surface area contributed by atoms with Crippen molar-refractivity contribution in [1.82, 2.24) is 10.2 Å². The molecule has 242 valence electrons. The fourth-order valence-electron chi connectivity index (χ4n) is 4.90. The van der Waals surface area contributed by atoms with Crippen molar-refractivity contribution in [2.75, 3.05) is 18.0 Å². The zero-order valence-corrected chi connectivity index (χ0v) is 27.5. The largest absolute Gasteiger partial charge is 0.495 e. The summed E-state index contributed by atoms with van der Waals surface area (Å²) in [4.78, 5) is 29.6. The van der Waals surface area contributed by atoms with Gasteiger partial charge in [0.2, 0.25) is 11.8 Å². The first-order valence-corrected chi connectivity index (χ1v) is 16.7. The molecule has 4 aromatic rings. The van der Waals surface area contributed by atoms with Crippen LogP contribution in [0.1, 0.15) is 31.4 Å². The van der Waals surface area contributed by atoms with E-state index in [1.807, 2.05) is 44.2 Å². The van der Waals surface area contributed by atoms with E-state index in [4.69, 9.17) is 16.3 Å². The molecule has 0 fully saturated rings. The molecule has 11 heteroatoms. The van der Waals surface area contributed by atoms with Crippen molar-refractivity contribution in [3.63, 3.8) is 0 Å². The molecular weight excluding hydrogens is 629 g/mol. The van der Waals surface area contributed by atoms with Crippen LogP contribution >= 0.6 is 11.6 Å². The lowest BCUT2D eigenvalue weighted by molar-refractivity contribution is -0.140. The number of benzene rings is 4. The van der Waals surface area contributed by atoms with Crippen LogP contribution in [0.15, 0.2) is 108 Å². The van der Waals surface area contributed by atoms with Gasteiger partial charge in [0.25, 0.3) is 10.0 Å². The predicted octanol–water partition coefficient (Wildman–Crippen LogP) is 6.24. The number of hydrogen-bond donors (Lipinski definition) is 1. The fourth-order valence-corrected chi connectivity index (χ4v) is 6.50. The molecular formula is C35H37ClFN3O5S. The predicted molar refractivity (Wildman–Crippen MR) is 178 cm³/mol. The summed E-state index contributed by atoms with van der Waals surface area (Å²) in [6.45, 7) is 2.75. The van der Waals surface area contributed by atoms with Crippen LogP contribution in [-0.2, 0) is 32.6 Å². The Morgan fingerprint density at radius 1 is 0.935 bits per heavy atom. The van der Waals surface area contributed by atoms with E-state index < -0.39 is 40.2 Å². The van der Waals surface area contributed by atoms with E-state index in [0.717, 1.165) is 9.87 Å². The molecule has 0 spiro atoms. The number of carbonyl (C=O) groups is 2. The number of nitrogens with one attached hydrogen (secondary N) is 1. The second-order valence-corrected chi connectivity index (χ2v) is 13.1. The molecule has 46 heavy (non-hydrogen) atoms. The highest BCUT2D eigenvalue weighted by molar-refractivity contribution is 7.92. The van der Waals surface area contributed by atoms with Gasteiger partial charge < -0.3 is 15.0 Å². The molecule has 0 saturated heterocycles. The van der Waals surface area contributed by atoms with Crippen LogP contribution in [0.3, 0.4) is 0 Å². The molecule has 0 radical (unpaired) electrons. The lowest BCUT2D eigenvalue weighted by Crippen LogP contribution is -2.54. The number of hydrogen-bond acceptors (Lipinski definition) is 5. The van der Waals surface area contributed by atoms with Crippen molar-refractivity contribution >= 4 is 39.1 Å². The minimum Gasteiger partial charge on any atom is -0.495 e. The number of halogens is 2. The summed E-state index contributed by atoms with van der Waals surface area (Å²) in [7, 11) is -2.99. The Bertz CT molecular complexity index is 1740. The molecule has 2 unspecified atom stereocenters. The first-order chi connectivity index (χ1) is 22.0. The van der Waals surface area contributed by atoms with E-state index >= 15 is 4.39 Å². The second kappa shape index (κ2) is 15.7. The van der Waals surface area contributed by atoms with Crippen molar-refractivity contribution in [3.8, 4) is 5.75 Å². The molecule has 0 aromatic heterocycles. The average molecular weight is 666 g/mol. The molecule has 0 aliphatic heterocycles. The van der Waals surface area contributed by atoms with Gasteiger partial charge in [0.15, 0.2) is 0 Å². The third kappa shape index (κ3) is 8.44. The summed E-state index contributed by atoms with van der Waals surface area (Å²) in [5.74, 6) is -1.58. The fraction of sp³-hybridized carbons (Fsp3) is 0.257. The summed E-state index contributed by atoms with van der Waals surface area (Å²) >= 11 is 6.32. The van der Waals surface area contributed by atoms with Crippen molar-refractivity contribution in [3.05, 3.63) is 125 Å². The van der Waals surface area contributed by atoms with Crippen LogP contribution in [0.2, 0.25) is 5.02 Å². The lowest BCUT2D eigenvalue weighted by Gasteiger charge is -2.34. The van der Waals surface area contributed by atoms with E-state index in [1.165, 1.54) is 54.5 Å². The smallest absolute Gasteiger partial charge is 0.264 e. The monoisotopic (exact) mass is 665 g/mol. The molecule has 0 saturated carbocycles. The van der Waals surface area contributed by atoms with Gasteiger partial charge in [-0.2, -0.15) is 0 Å². The van der Waals surface area contributed by atoms with Gasteiger partial charge in [-0.3, -0.25) is 13.9 Å². The number of anilines is 1. The number of amides is 2. The molecule has 8 nitrogen and oxygen atoms in total. The minimum absolute atomic E-state index is 0.0294. The normalized spacial score (nSPS) is 12.5. The minimum atomic E-state index is -4.37. The maximum absolute atomic E-state index is 15.1. The van der Waals surface area contributed by atoms with Crippen molar-refractivity contribution in [2.45, 2.75) is 50.2 Å². The molecule has 2 amide bonds. The van der Waals surface area contributed by atoms with E-state index in [0.29, 0.717) is 6.42 Å². The summed E-state index contributed by atoms with van der Waals surface area (Å²) < 4.78 is 49.8. The molecule has 0 aliphatic rings. The van der Waals surface area contributed by atoms with Crippen LogP contribution in [0, 0.1) is 5.82 Å². The van der Waals surface area contributed by atoms with E-state index in [-0.39, 0.29) is 45.9 Å². The van der Waals surface area contributed by atoms with Gasteiger partial charge in [0, 0.05) is 29.6 Å². The van der Waals surface area contributed by atoms with Gasteiger partial charge in [-0.15, -0.1) is 0 Å². The average Bonchev–Trinajstić information content (AvgIpc) is 3.06.